The normalized spacial score (nSPS) is 9.53. The minimum absolute atomic E-state index is 0. The molecule has 0 saturated heterocycles. The molecule has 0 unspecified atom stereocenters. The predicted octanol–water partition coefficient (Wildman–Crippen LogP) is 0.572. The molecule has 0 radical (unpaired) electrons. The third kappa shape index (κ3) is 9.37. The molecule has 0 saturated carbocycles. The minimum Gasteiger partial charge on any atom is -0.462 e. The molecule has 0 aliphatic heterocycles. The molecular formula is C10H20FNO3. The van der Waals surface area contributed by atoms with Crippen LogP contribution in [0.15, 0.2) is 12.7 Å². The average Bonchev–Trinajstić information content (AvgIpc) is 2.22. The van der Waals surface area contributed by atoms with Crippen LogP contribution in [0.4, 0.5) is 4.70 Å². The Morgan fingerprint density at radius 3 is 2.67 bits per heavy atom. The van der Waals surface area contributed by atoms with Crippen LogP contribution in [-0.2, 0) is 9.53 Å². The Balaban J connectivity index is 0. The summed E-state index contributed by atoms with van der Waals surface area (Å²) < 4.78 is 4.82. The quantitative estimate of drug-likeness (QED) is 0.370. The fourth-order valence-corrected chi connectivity index (χ4v) is 1.09. The van der Waals surface area contributed by atoms with Gasteiger partial charge >= 0.3 is 5.97 Å². The number of ether oxygens (including phenoxy) is 1. The summed E-state index contributed by atoms with van der Waals surface area (Å²) in [5, 5.41) is 8.71. The lowest BCUT2D eigenvalue weighted by Gasteiger charge is -2.18. The Labute approximate surface area is 89.9 Å². The summed E-state index contributed by atoms with van der Waals surface area (Å²) in [4.78, 5) is 12.8. The fourth-order valence-electron chi connectivity index (χ4n) is 1.09. The second kappa shape index (κ2) is 11.1. The molecule has 1 N–H and O–H groups in total. The van der Waals surface area contributed by atoms with Gasteiger partial charge in [-0.3, -0.25) is 4.70 Å². The van der Waals surface area contributed by atoms with E-state index >= 15 is 0 Å². The second-order valence-electron chi connectivity index (χ2n) is 2.88. The van der Waals surface area contributed by atoms with Gasteiger partial charge in [-0.05, 0) is 13.0 Å². The molecule has 15 heavy (non-hydrogen) atoms. The average molecular weight is 221 g/mol. The predicted molar refractivity (Wildman–Crippen MR) is 57.5 cm³/mol. The third-order valence-electron chi connectivity index (χ3n) is 1.89. The molecule has 0 bridgehead atoms. The van der Waals surface area contributed by atoms with E-state index in [0.29, 0.717) is 13.2 Å². The van der Waals surface area contributed by atoms with Crippen molar-refractivity contribution in [2.24, 2.45) is 0 Å². The Morgan fingerprint density at radius 2 is 2.20 bits per heavy atom. The molecule has 90 valence electrons. The van der Waals surface area contributed by atoms with E-state index in [1.54, 1.807) is 0 Å². The molecule has 0 spiro atoms. The molecule has 0 aliphatic carbocycles. The molecule has 0 atom stereocenters. The fraction of sp³-hybridized carbons (Fsp3) is 0.700. The number of carbonyl (C=O) groups is 1. The van der Waals surface area contributed by atoms with Crippen molar-refractivity contribution in [1.82, 2.24) is 4.90 Å². The highest BCUT2D eigenvalue weighted by Gasteiger charge is 2.01. The molecule has 0 amide bonds. The van der Waals surface area contributed by atoms with Gasteiger partial charge in [-0.25, -0.2) is 4.79 Å². The summed E-state index contributed by atoms with van der Waals surface area (Å²) in [5.74, 6) is -0.379. The van der Waals surface area contributed by atoms with Gasteiger partial charge in [-0.1, -0.05) is 13.5 Å². The monoisotopic (exact) mass is 221 g/mol. The number of hydrogen-bond donors (Lipinski definition) is 1. The lowest BCUT2D eigenvalue weighted by atomic mass is 10.4. The van der Waals surface area contributed by atoms with Crippen LogP contribution in [0.1, 0.15) is 13.3 Å². The van der Waals surface area contributed by atoms with Crippen LogP contribution in [0, 0.1) is 0 Å². The topological polar surface area (TPSA) is 49.8 Å². The SMILES string of the molecule is C=CC(=O)OCCCN(CC)CCO.F. The highest BCUT2D eigenvalue weighted by molar-refractivity contribution is 5.81. The Kier molecular flexibility index (Phi) is 12.2. The second-order valence-corrected chi connectivity index (χ2v) is 2.88. The summed E-state index contributed by atoms with van der Waals surface area (Å²) in [6, 6.07) is 0. The lowest BCUT2D eigenvalue weighted by molar-refractivity contribution is -0.137. The van der Waals surface area contributed by atoms with Crippen molar-refractivity contribution < 1.29 is 19.3 Å². The van der Waals surface area contributed by atoms with Crippen molar-refractivity contribution in [3.05, 3.63) is 12.7 Å². The third-order valence-corrected chi connectivity index (χ3v) is 1.89. The van der Waals surface area contributed by atoms with Crippen molar-refractivity contribution in [3.8, 4) is 0 Å². The number of aliphatic hydroxyl groups is 1. The molecule has 5 heteroatoms. The molecule has 0 rings (SSSR count). The summed E-state index contributed by atoms with van der Waals surface area (Å²) in [5.41, 5.74) is 0. The van der Waals surface area contributed by atoms with E-state index in [1.165, 1.54) is 0 Å². The minimum atomic E-state index is -0.379. The zero-order chi connectivity index (χ0) is 10.8. The Bertz CT molecular complexity index is 176. The van der Waals surface area contributed by atoms with Crippen LogP contribution in [0.2, 0.25) is 0 Å². The number of nitrogens with zero attached hydrogens (tertiary/aromatic N) is 1. The smallest absolute Gasteiger partial charge is 0.330 e. The standard InChI is InChI=1S/C10H19NO3.FH/c1-3-10(13)14-9-5-6-11(4-2)7-8-12;/h3,12H,1,4-9H2,2H3;1H. The van der Waals surface area contributed by atoms with Gasteiger partial charge in [0.05, 0.1) is 13.2 Å². The van der Waals surface area contributed by atoms with E-state index in [0.717, 1.165) is 25.6 Å². The lowest BCUT2D eigenvalue weighted by Crippen LogP contribution is -2.28. The van der Waals surface area contributed by atoms with Crippen LogP contribution < -0.4 is 0 Å². The van der Waals surface area contributed by atoms with Gasteiger partial charge in [0.25, 0.3) is 0 Å². The molecule has 0 aromatic heterocycles. The van der Waals surface area contributed by atoms with Gasteiger partial charge in [0, 0.05) is 19.2 Å². The van der Waals surface area contributed by atoms with Crippen LogP contribution in [0.25, 0.3) is 0 Å². The first kappa shape index (κ1) is 16.5. The van der Waals surface area contributed by atoms with E-state index in [9.17, 15) is 4.79 Å². The van der Waals surface area contributed by atoms with Crippen LogP contribution in [0.5, 0.6) is 0 Å². The van der Waals surface area contributed by atoms with Crippen molar-refractivity contribution in [3.63, 3.8) is 0 Å². The molecule has 0 aromatic carbocycles. The number of likely N-dealkylation sites (N-methyl/N-ethyl adjacent to an activating group) is 1. The zero-order valence-corrected chi connectivity index (χ0v) is 9.15. The van der Waals surface area contributed by atoms with E-state index in [1.807, 2.05) is 6.92 Å². The van der Waals surface area contributed by atoms with Gasteiger partial charge in [-0.15, -0.1) is 0 Å². The van der Waals surface area contributed by atoms with Crippen LogP contribution >= 0.6 is 0 Å². The van der Waals surface area contributed by atoms with Crippen LogP contribution in [-0.4, -0.2) is 48.8 Å². The van der Waals surface area contributed by atoms with Crippen molar-refractivity contribution >= 4 is 5.97 Å². The summed E-state index contributed by atoms with van der Waals surface area (Å²) in [6.45, 7) is 8.32. The first-order valence-corrected chi connectivity index (χ1v) is 4.87. The van der Waals surface area contributed by atoms with Crippen LogP contribution in [0.3, 0.4) is 0 Å². The molecule has 0 aromatic rings. The zero-order valence-electron chi connectivity index (χ0n) is 9.15. The number of halogens is 1. The number of aliphatic hydroxyl groups excluding tert-OH is 1. The largest absolute Gasteiger partial charge is 0.462 e. The number of rotatable bonds is 8. The Hall–Kier alpha value is -0.940. The van der Waals surface area contributed by atoms with Crippen molar-refractivity contribution in [2.75, 3.05) is 32.8 Å². The maximum atomic E-state index is 10.7. The molecular weight excluding hydrogens is 201 g/mol. The summed E-state index contributed by atoms with van der Waals surface area (Å²) in [7, 11) is 0. The van der Waals surface area contributed by atoms with Gasteiger partial charge < -0.3 is 14.7 Å². The maximum absolute atomic E-state index is 10.7. The van der Waals surface area contributed by atoms with E-state index in [4.69, 9.17) is 9.84 Å². The summed E-state index contributed by atoms with van der Waals surface area (Å²) in [6.07, 6.45) is 1.94. The Morgan fingerprint density at radius 1 is 1.53 bits per heavy atom. The van der Waals surface area contributed by atoms with E-state index in [2.05, 4.69) is 11.5 Å². The van der Waals surface area contributed by atoms with Crippen molar-refractivity contribution in [2.45, 2.75) is 13.3 Å². The highest BCUT2D eigenvalue weighted by atomic mass is 19.0. The first-order valence-electron chi connectivity index (χ1n) is 4.87. The van der Waals surface area contributed by atoms with Gasteiger partial charge in [0.2, 0.25) is 0 Å². The summed E-state index contributed by atoms with van der Waals surface area (Å²) >= 11 is 0. The van der Waals surface area contributed by atoms with Gasteiger partial charge in [0.15, 0.2) is 0 Å². The molecule has 4 nitrogen and oxygen atoms in total. The van der Waals surface area contributed by atoms with E-state index < -0.39 is 0 Å². The first-order chi connectivity index (χ1) is 6.74. The number of hydrogen-bond acceptors (Lipinski definition) is 4. The molecule has 0 fully saturated rings. The number of carbonyl (C=O) groups excluding carboxylic acids is 1. The maximum Gasteiger partial charge on any atom is 0.330 e. The van der Waals surface area contributed by atoms with Gasteiger partial charge in [-0.2, -0.15) is 0 Å². The number of esters is 1. The van der Waals surface area contributed by atoms with Gasteiger partial charge in [0.1, 0.15) is 0 Å². The van der Waals surface area contributed by atoms with E-state index in [-0.39, 0.29) is 17.3 Å². The highest BCUT2D eigenvalue weighted by Crippen LogP contribution is 1.92. The van der Waals surface area contributed by atoms with Crippen molar-refractivity contribution in [1.29, 1.82) is 0 Å². The molecule has 0 heterocycles. The molecule has 0 aliphatic rings.